The number of hydrogen-bond donors (Lipinski definition) is 2. The number of carbonyl (C=O) groups is 1. The Morgan fingerprint density at radius 2 is 2.12 bits per heavy atom. The summed E-state index contributed by atoms with van der Waals surface area (Å²) in [7, 11) is 0. The molecule has 0 aliphatic carbocycles. The van der Waals surface area contributed by atoms with Crippen molar-refractivity contribution in [3.05, 3.63) is 68.2 Å². The van der Waals surface area contributed by atoms with Crippen LogP contribution in [0.1, 0.15) is 21.5 Å². The van der Waals surface area contributed by atoms with Gasteiger partial charge in [-0.1, -0.05) is 10.2 Å². The Bertz CT molecular complexity index is 848. The Morgan fingerprint density at radius 1 is 1.28 bits per heavy atom. The van der Waals surface area contributed by atoms with Crippen molar-refractivity contribution in [1.82, 2.24) is 15.1 Å². The van der Waals surface area contributed by atoms with Crippen molar-refractivity contribution in [3.8, 4) is 0 Å². The van der Waals surface area contributed by atoms with Crippen LogP contribution in [0, 0.1) is 0 Å². The Morgan fingerprint density at radius 3 is 2.84 bits per heavy atom. The van der Waals surface area contributed by atoms with Crippen molar-refractivity contribution in [2.24, 2.45) is 10.2 Å². The number of amides is 1. The first-order valence-electron chi connectivity index (χ1n) is 7.26. The summed E-state index contributed by atoms with van der Waals surface area (Å²) in [4.78, 5) is 17.7. The maximum absolute atomic E-state index is 12.3. The fraction of sp³-hybridized carbons (Fsp3) is 0.286. The van der Waals surface area contributed by atoms with E-state index >= 15 is 0 Å². The summed E-state index contributed by atoms with van der Waals surface area (Å²) in [5.74, 6) is -0.368. The molecule has 0 bridgehead atoms. The van der Waals surface area contributed by atoms with Gasteiger partial charge in [-0.15, -0.1) is 0 Å². The van der Waals surface area contributed by atoms with Crippen LogP contribution in [0.15, 0.2) is 40.8 Å². The van der Waals surface area contributed by atoms with Crippen LogP contribution in [0.2, 0.25) is 0 Å². The number of aliphatic hydroxyl groups is 1. The van der Waals surface area contributed by atoms with E-state index in [0.29, 0.717) is 12.1 Å². The summed E-state index contributed by atoms with van der Waals surface area (Å²) >= 11 is 0. The number of carbonyl (C=O) groups excluding carboxylic acids is 1. The first kappa shape index (κ1) is 17.8. The molecule has 0 unspecified atom stereocenters. The van der Waals surface area contributed by atoms with E-state index in [0.717, 1.165) is 5.56 Å². The highest BCUT2D eigenvalue weighted by Crippen LogP contribution is 2.19. The van der Waals surface area contributed by atoms with Gasteiger partial charge >= 0.3 is 0 Å². The molecule has 2 rings (SSSR count). The summed E-state index contributed by atoms with van der Waals surface area (Å²) in [5.41, 5.74) is 18.9. The number of azide groups is 2. The van der Waals surface area contributed by atoms with Gasteiger partial charge in [0.1, 0.15) is 0 Å². The van der Waals surface area contributed by atoms with Crippen LogP contribution >= 0.6 is 0 Å². The van der Waals surface area contributed by atoms with Gasteiger partial charge in [0, 0.05) is 39.4 Å². The second-order valence-corrected chi connectivity index (χ2v) is 4.98. The largest absolute Gasteiger partial charge is 0.394 e. The molecular weight excluding hydrogens is 326 g/mol. The van der Waals surface area contributed by atoms with Crippen LogP contribution in [0.4, 0.5) is 5.69 Å². The summed E-state index contributed by atoms with van der Waals surface area (Å²) < 4.78 is 1.57. The molecule has 2 N–H and O–H groups in total. The van der Waals surface area contributed by atoms with Crippen LogP contribution < -0.4 is 5.32 Å². The maximum atomic E-state index is 12.3. The lowest BCUT2D eigenvalue weighted by atomic mass is 10.1. The minimum Gasteiger partial charge on any atom is -0.394 e. The van der Waals surface area contributed by atoms with Crippen molar-refractivity contribution < 1.29 is 9.90 Å². The predicted octanol–water partition coefficient (Wildman–Crippen LogP) is 2.56. The van der Waals surface area contributed by atoms with Gasteiger partial charge in [-0.25, -0.2) is 0 Å². The second-order valence-electron chi connectivity index (χ2n) is 4.98. The topological polar surface area (TPSA) is 165 Å². The van der Waals surface area contributed by atoms with E-state index in [2.05, 4.69) is 30.5 Å². The van der Waals surface area contributed by atoms with E-state index in [1.165, 1.54) is 6.07 Å². The molecule has 0 saturated carbocycles. The molecule has 0 aliphatic heterocycles. The van der Waals surface area contributed by atoms with Gasteiger partial charge in [-0.2, -0.15) is 5.10 Å². The van der Waals surface area contributed by atoms with E-state index in [9.17, 15) is 4.79 Å². The zero-order valence-corrected chi connectivity index (χ0v) is 13.1. The molecule has 25 heavy (non-hydrogen) atoms. The van der Waals surface area contributed by atoms with Gasteiger partial charge in [-0.05, 0) is 34.8 Å². The van der Waals surface area contributed by atoms with Crippen LogP contribution in [-0.4, -0.2) is 27.4 Å². The minimum absolute atomic E-state index is 0.0202. The molecule has 1 aromatic heterocycles. The third-order valence-corrected chi connectivity index (χ3v) is 3.19. The third-order valence-electron chi connectivity index (χ3n) is 3.19. The predicted molar refractivity (Wildman–Crippen MR) is 88.6 cm³/mol. The Hall–Kier alpha value is -3.52. The van der Waals surface area contributed by atoms with Crippen molar-refractivity contribution in [2.75, 3.05) is 6.61 Å². The van der Waals surface area contributed by atoms with E-state index in [-0.39, 0.29) is 36.9 Å². The van der Waals surface area contributed by atoms with E-state index in [1.807, 2.05) is 0 Å². The molecule has 1 amide bonds. The van der Waals surface area contributed by atoms with Crippen molar-refractivity contribution in [2.45, 2.75) is 19.6 Å². The molecule has 0 fully saturated rings. The van der Waals surface area contributed by atoms with Crippen molar-refractivity contribution in [1.29, 1.82) is 0 Å². The Labute approximate surface area is 142 Å². The molecule has 128 valence electrons. The molecule has 2 aromatic rings. The number of benzene rings is 1. The highest BCUT2D eigenvalue weighted by Gasteiger charge is 2.09. The lowest BCUT2D eigenvalue weighted by Crippen LogP contribution is -2.22. The normalized spacial score (nSPS) is 9.80. The lowest BCUT2D eigenvalue weighted by Gasteiger charge is -2.07. The number of rotatable bonds is 8. The Kier molecular flexibility index (Phi) is 6.38. The van der Waals surface area contributed by atoms with Crippen LogP contribution in [0.3, 0.4) is 0 Å². The standard InChI is InChI=1S/C14H15N9O2/c15-21-18-7-10-3-12(5-13(4-10)20-22-16)14(25)17-6-11-8-19-23(9-11)1-2-24/h3-5,8-9,24H,1-2,6-7H2,(H,17,25). The summed E-state index contributed by atoms with van der Waals surface area (Å²) in [6.07, 6.45) is 3.32. The third kappa shape index (κ3) is 5.26. The van der Waals surface area contributed by atoms with E-state index < -0.39 is 0 Å². The van der Waals surface area contributed by atoms with Crippen LogP contribution in [0.25, 0.3) is 20.9 Å². The first-order chi connectivity index (χ1) is 12.2. The van der Waals surface area contributed by atoms with Gasteiger partial charge in [0.2, 0.25) is 0 Å². The highest BCUT2D eigenvalue weighted by molar-refractivity contribution is 5.95. The lowest BCUT2D eigenvalue weighted by molar-refractivity contribution is 0.0951. The van der Waals surface area contributed by atoms with Gasteiger partial charge in [0.15, 0.2) is 0 Å². The summed E-state index contributed by atoms with van der Waals surface area (Å²) in [5, 5.41) is 22.6. The molecule has 0 saturated heterocycles. The van der Waals surface area contributed by atoms with Gasteiger partial charge in [0.05, 0.1) is 25.9 Å². The number of aromatic nitrogens is 2. The van der Waals surface area contributed by atoms with Crippen LogP contribution in [0.5, 0.6) is 0 Å². The molecule has 1 aromatic carbocycles. The zero-order chi connectivity index (χ0) is 18.1. The molecule has 11 nitrogen and oxygen atoms in total. The number of aliphatic hydroxyl groups excluding tert-OH is 1. The monoisotopic (exact) mass is 341 g/mol. The number of nitrogens with one attached hydrogen (secondary N) is 1. The van der Waals surface area contributed by atoms with Gasteiger partial charge in [0.25, 0.3) is 5.91 Å². The molecule has 0 aliphatic rings. The summed E-state index contributed by atoms with van der Waals surface area (Å²) in [6, 6.07) is 4.56. The van der Waals surface area contributed by atoms with E-state index in [1.54, 1.807) is 29.2 Å². The van der Waals surface area contributed by atoms with E-state index in [4.69, 9.17) is 16.2 Å². The van der Waals surface area contributed by atoms with Gasteiger partial charge in [-0.3, -0.25) is 9.48 Å². The number of nitrogens with zero attached hydrogens (tertiary/aromatic N) is 8. The smallest absolute Gasteiger partial charge is 0.251 e. The molecule has 11 heteroatoms. The molecule has 0 spiro atoms. The average Bonchev–Trinajstić information content (AvgIpc) is 3.06. The fourth-order valence-corrected chi connectivity index (χ4v) is 2.13. The second kappa shape index (κ2) is 8.94. The maximum Gasteiger partial charge on any atom is 0.251 e. The Balaban J connectivity index is 2.11. The van der Waals surface area contributed by atoms with Crippen molar-refractivity contribution in [3.63, 3.8) is 0 Å². The first-order valence-corrected chi connectivity index (χ1v) is 7.26. The number of hydrogen-bond acceptors (Lipinski definition) is 5. The zero-order valence-electron chi connectivity index (χ0n) is 13.1. The highest BCUT2D eigenvalue weighted by atomic mass is 16.3. The quantitative estimate of drug-likeness (QED) is 0.428. The van der Waals surface area contributed by atoms with Gasteiger partial charge < -0.3 is 10.4 Å². The molecule has 1 heterocycles. The average molecular weight is 341 g/mol. The summed E-state index contributed by atoms with van der Waals surface area (Å²) in [6.45, 7) is 0.653. The van der Waals surface area contributed by atoms with Crippen LogP contribution in [-0.2, 0) is 19.6 Å². The minimum atomic E-state index is -0.368. The molecule has 0 radical (unpaired) electrons. The molecule has 0 atom stereocenters. The fourth-order valence-electron chi connectivity index (χ4n) is 2.13. The van der Waals surface area contributed by atoms with Crippen molar-refractivity contribution >= 4 is 11.6 Å². The SMILES string of the molecule is [N-]=[N+]=NCc1cc(N=[N+]=[N-])cc(C(=O)NCc2cnn(CCO)c2)c1. The molecular formula is C14H15N9O2.